The fourth-order valence-corrected chi connectivity index (χ4v) is 3.35. The van der Waals surface area contributed by atoms with Crippen molar-refractivity contribution in [3.63, 3.8) is 0 Å². The molecular weight excluding hydrogens is 383 g/mol. The van der Waals surface area contributed by atoms with E-state index in [4.69, 9.17) is 23.2 Å². The van der Waals surface area contributed by atoms with Crippen LogP contribution in [0.2, 0.25) is 10.0 Å². The fraction of sp³-hybridized carbons (Fsp3) is 0.0476. The zero-order valence-electron chi connectivity index (χ0n) is 14.3. The molecule has 0 spiro atoms. The molecule has 0 saturated carbocycles. The Morgan fingerprint density at radius 3 is 2.11 bits per heavy atom. The first-order chi connectivity index (χ1) is 13.0. The van der Waals surface area contributed by atoms with Gasteiger partial charge in [0.15, 0.2) is 0 Å². The highest BCUT2D eigenvalue weighted by Crippen LogP contribution is 2.25. The minimum atomic E-state index is -0.471. The highest BCUT2D eigenvalue weighted by Gasteiger charge is 2.16. The molecule has 3 aromatic carbocycles. The summed E-state index contributed by atoms with van der Waals surface area (Å²) in [5.74, 6) is 0. The molecule has 0 aliphatic rings. The van der Waals surface area contributed by atoms with Crippen LogP contribution in [0.4, 0.5) is 0 Å². The minimum absolute atomic E-state index is 0.332. The Bertz CT molecular complexity index is 1290. The lowest BCUT2D eigenvalue weighted by molar-refractivity contribution is 0.834. The summed E-state index contributed by atoms with van der Waals surface area (Å²) in [6, 6.07) is 19.2. The Labute approximate surface area is 164 Å². The molecule has 0 fully saturated rings. The average Bonchev–Trinajstić information content (AvgIpc) is 2.66. The molecule has 0 amide bonds. The number of hydrogen-bond donors (Lipinski definition) is 0. The van der Waals surface area contributed by atoms with Crippen molar-refractivity contribution in [1.82, 2.24) is 9.13 Å². The van der Waals surface area contributed by atoms with Crippen LogP contribution >= 0.6 is 23.2 Å². The molecule has 0 aliphatic heterocycles. The van der Waals surface area contributed by atoms with Gasteiger partial charge in [-0.15, -0.1) is 0 Å². The second-order valence-electron chi connectivity index (χ2n) is 6.21. The third kappa shape index (κ3) is 2.97. The van der Waals surface area contributed by atoms with Crippen LogP contribution in [0.15, 0.2) is 76.3 Å². The van der Waals surface area contributed by atoms with E-state index in [0.717, 1.165) is 5.56 Å². The van der Waals surface area contributed by atoms with Crippen LogP contribution in [-0.2, 0) is 0 Å². The lowest BCUT2D eigenvalue weighted by Gasteiger charge is -2.15. The number of aryl methyl sites for hydroxylation is 1. The molecule has 27 heavy (non-hydrogen) atoms. The standard InChI is InChI=1S/C21H14Cl2N2O2/c1-13-6-8-14(9-7-13)25-20(26)16-4-2-3-5-19(16)24(21(25)27)15-10-11-17(22)18(23)12-15/h2-12H,1H3. The van der Waals surface area contributed by atoms with Crippen LogP contribution in [0.1, 0.15) is 5.56 Å². The van der Waals surface area contributed by atoms with Gasteiger partial charge in [0.05, 0.1) is 32.3 Å². The number of fused-ring (bicyclic) bond motifs is 1. The maximum absolute atomic E-state index is 13.3. The van der Waals surface area contributed by atoms with Crippen molar-refractivity contribution in [2.45, 2.75) is 6.92 Å². The third-order valence-corrected chi connectivity index (χ3v) is 5.15. The number of nitrogens with zero attached hydrogens (tertiary/aromatic N) is 2. The number of hydrogen-bond acceptors (Lipinski definition) is 2. The molecule has 4 aromatic rings. The van der Waals surface area contributed by atoms with E-state index in [1.165, 1.54) is 9.13 Å². The Hall–Kier alpha value is -2.82. The van der Waals surface area contributed by atoms with Crippen molar-refractivity contribution in [2.24, 2.45) is 0 Å². The minimum Gasteiger partial charge on any atom is -0.268 e. The van der Waals surface area contributed by atoms with Crippen LogP contribution in [0, 0.1) is 6.92 Å². The van der Waals surface area contributed by atoms with Crippen molar-refractivity contribution in [3.8, 4) is 11.4 Å². The summed E-state index contributed by atoms with van der Waals surface area (Å²) >= 11 is 12.2. The number of para-hydroxylation sites is 1. The normalized spacial score (nSPS) is 11.1. The van der Waals surface area contributed by atoms with Gasteiger partial charge in [-0.3, -0.25) is 9.36 Å². The molecule has 0 saturated heterocycles. The van der Waals surface area contributed by atoms with Crippen LogP contribution in [-0.4, -0.2) is 9.13 Å². The smallest absolute Gasteiger partial charge is 0.268 e. The van der Waals surface area contributed by atoms with E-state index < -0.39 is 5.69 Å². The van der Waals surface area contributed by atoms with E-state index in [1.54, 1.807) is 54.6 Å². The van der Waals surface area contributed by atoms with Gasteiger partial charge in [-0.05, 0) is 49.4 Å². The van der Waals surface area contributed by atoms with Crippen molar-refractivity contribution in [3.05, 3.63) is 103 Å². The van der Waals surface area contributed by atoms with E-state index in [-0.39, 0.29) is 5.56 Å². The quantitative estimate of drug-likeness (QED) is 0.490. The summed E-state index contributed by atoms with van der Waals surface area (Å²) in [6.07, 6.45) is 0. The van der Waals surface area contributed by atoms with Gasteiger partial charge >= 0.3 is 5.69 Å². The summed E-state index contributed by atoms with van der Waals surface area (Å²) in [6.45, 7) is 1.95. The lowest BCUT2D eigenvalue weighted by Crippen LogP contribution is -2.38. The first kappa shape index (κ1) is 17.6. The number of rotatable bonds is 2. The predicted octanol–water partition coefficient (Wildman–Crippen LogP) is 4.76. The zero-order chi connectivity index (χ0) is 19.1. The number of aromatic nitrogens is 2. The van der Waals surface area contributed by atoms with E-state index in [9.17, 15) is 9.59 Å². The fourth-order valence-electron chi connectivity index (χ4n) is 3.06. The van der Waals surface area contributed by atoms with Gasteiger partial charge in [0.25, 0.3) is 5.56 Å². The highest BCUT2D eigenvalue weighted by molar-refractivity contribution is 6.42. The molecular formula is C21H14Cl2N2O2. The molecule has 4 nitrogen and oxygen atoms in total. The van der Waals surface area contributed by atoms with Crippen LogP contribution in [0.5, 0.6) is 0 Å². The highest BCUT2D eigenvalue weighted by atomic mass is 35.5. The average molecular weight is 397 g/mol. The van der Waals surface area contributed by atoms with Gasteiger partial charge < -0.3 is 0 Å². The third-order valence-electron chi connectivity index (χ3n) is 4.41. The number of benzene rings is 3. The Kier molecular flexibility index (Phi) is 4.38. The summed E-state index contributed by atoms with van der Waals surface area (Å²) in [4.78, 5) is 26.4. The van der Waals surface area contributed by atoms with Gasteiger partial charge in [0.1, 0.15) is 0 Å². The summed E-state index contributed by atoms with van der Waals surface area (Å²) in [7, 11) is 0. The first-order valence-electron chi connectivity index (χ1n) is 8.26. The summed E-state index contributed by atoms with van der Waals surface area (Å²) in [5.41, 5.74) is 1.75. The Morgan fingerprint density at radius 2 is 1.41 bits per heavy atom. The molecule has 1 aromatic heterocycles. The summed E-state index contributed by atoms with van der Waals surface area (Å²) in [5, 5.41) is 1.16. The predicted molar refractivity (Wildman–Crippen MR) is 110 cm³/mol. The maximum atomic E-state index is 13.3. The van der Waals surface area contributed by atoms with Crippen molar-refractivity contribution in [2.75, 3.05) is 0 Å². The monoisotopic (exact) mass is 396 g/mol. The van der Waals surface area contributed by atoms with Crippen molar-refractivity contribution >= 4 is 34.1 Å². The van der Waals surface area contributed by atoms with E-state index in [1.807, 2.05) is 19.1 Å². The SMILES string of the molecule is Cc1ccc(-n2c(=O)c3ccccc3n(-c3ccc(Cl)c(Cl)c3)c2=O)cc1. The molecule has 134 valence electrons. The second kappa shape index (κ2) is 6.72. The van der Waals surface area contributed by atoms with Gasteiger partial charge in [0, 0.05) is 0 Å². The van der Waals surface area contributed by atoms with Gasteiger partial charge in [0.2, 0.25) is 0 Å². The lowest BCUT2D eigenvalue weighted by atomic mass is 10.2. The molecule has 4 rings (SSSR count). The van der Waals surface area contributed by atoms with Crippen molar-refractivity contribution in [1.29, 1.82) is 0 Å². The Balaban J connectivity index is 2.15. The topological polar surface area (TPSA) is 44.0 Å². The molecule has 6 heteroatoms. The van der Waals surface area contributed by atoms with E-state index >= 15 is 0 Å². The van der Waals surface area contributed by atoms with Crippen LogP contribution < -0.4 is 11.2 Å². The molecule has 0 bridgehead atoms. The van der Waals surface area contributed by atoms with E-state index in [0.29, 0.717) is 32.3 Å². The number of halogens is 2. The first-order valence-corrected chi connectivity index (χ1v) is 9.02. The van der Waals surface area contributed by atoms with Crippen LogP contribution in [0.3, 0.4) is 0 Å². The summed E-state index contributed by atoms with van der Waals surface area (Å²) < 4.78 is 2.64. The van der Waals surface area contributed by atoms with Gasteiger partial charge in [-0.25, -0.2) is 9.36 Å². The van der Waals surface area contributed by atoms with Gasteiger partial charge in [-0.1, -0.05) is 53.0 Å². The van der Waals surface area contributed by atoms with Crippen molar-refractivity contribution < 1.29 is 0 Å². The molecule has 1 heterocycles. The van der Waals surface area contributed by atoms with E-state index in [2.05, 4.69) is 0 Å². The van der Waals surface area contributed by atoms with Crippen LogP contribution in [0.25, 0.3) is 22.3 Å². The maximum Gasteiger partial charge on any atom is 0.340 e. The molecule has 0 radical (unpaired) electrons. The largest absolute Gasteiger partial charge is 0.340 e. The second-order valence-corrected chi connectivity index (χ2v) is 7.02. The molecule has 0 atom stereocenters. The zero-order valence-corrected chi connectivity index (χ0v) is 15.8. The molecule has 0 N–H and O–H groups in total. The Morgan fingerprint density at radius 1 is 0.741 bits per heavy atom. The molecule has 0 unspecified atom stereocenters. The van der Waals surface area contributed by atoms with Gasteiger partial charge in [-0.2, -0.15) is 0 Å². The molecule has 0 aliphatic carbocycles.